The van der Waals surface area contributed by atoms with Crippen molar-refractivity contribution >= 4 is 34.6 Å². The van der Waals surface area contributed by atoms with Crippen LogP contribution in [0, 0.1) is 0 Å². The Labute approximate surface area is 179 Å². The van der Waals surface area contributed by atoms with E-state index in [1.807, 2.05) is 6.92 Å². The third-order valence-electron chi connectivity index (χ3n) is 4.20. The number of aromatic nitrogens is 4. The summed E-state index contributed by atoms with van der Waals surface area (Å²) in [6.07, 6.45) is -2.73. The molecule has 0 aliphatic carbocycles. The Balaban J connectivity index is 1.70. The van der Waals surface area contributed by atoms with Gasteiger partial charge in [0.05, 0.1) is 18.6 Å². The van der Waals surface area contributed by atoms with Gasteiger partial charge in [-0.2, -0.15) is 8.62 Å². The van der Waals surface area contributed by atoms with Crippen LogP contribution in [-0.4, -0.2) is 74.2 Å². The quantitative estimate of drug-likeness (QED) is 0.225. The van der Waals surface area contributed by atoms with E-state index < -0.39 is 54.6 Å². The van der Waals surface area contributed by atoms with Gasteiger partial charge < -0.3 is 34.5 Å². The number of rotatable bonds is 9. The first kappa shape index (κ1) is 25.5. The Hall–Kier alpha value is -1.16. The molecule has 0 aromatic carbocycles. The van der Waals surface area contributed by atoms with Crippen molar-refractivity contribution < 1.29 is 61.4 Å². The fourth-order valence-corrected chi connectivity index (χ4v) is 5.94. The number of aryl methyl sites for hydroxylation is 1. The number of ether oxygens (including phenoxy) is 1. The zero-order chi connectivity index (χ0) is 23.9. The maximum Gasteiger partial charge on any atom is 0.490 e. The van der Waals surface area contributed by atoms with Crippen molar-refractivity contribution in [1.29, 1.82) is 0 Å². The largest absolute Gasteiger partial charge is 0.490 e. The van der Waals surface area contributed by atoms with Crippen LogP contribution in [0.2, 0.25) is 0 Å². The van der Waals surface area contributed by atoms with Crippen molar-refractivity contribution in [3.8, 4) is 0 Å². The Morgan fingerprint density at radius 2 is 1.72 bits per heavy atom. The van der Waals surface area contributed by atoms with E-state index in [9.17, 15) is 28.8 Å². The number of nitrogens with zero attached hydrogens (tertiary/aromatic N) is 4. The van der Waals surface area contributed by atoms with Crippen molar-refractivity contribution in [2.45, 2.75) is 37.9 Å². The normalized spacial score (nSPS) is 28.0. The van der Waals surface area contributed by atoms with Crippen molar-refractivity contribution in [1.82, 2.24) is 19.5 Å². The third kappa shape index (κ3) is 5.85. The van der Waals surface area contributed by atoms with E-state index in [2.05, 4.69) is 28.1 Å². The van der Waals surface area contributed by atoms with Gasteiger partial charge in [0.15, 0.2) is 11.9 Å². The first-order valence-electron chi connectivity index (χ1n) is 8.69. The molecule has 1 aliphatic rings. The lowest BCUT2D eigenvalue weighted by atomic mass is 10.1. The molecule has 0 bridgehead atoms. The molecule has 2 aromatic heterocycles. The summed E-state index contributed by atoms with van der Waals surface area (Å²) in [5, 5.41) is 20.6. The maximum atomic E-state index is 11.8. The van der Waals surface area contributed by atoms with Gasteiger partial charge in [0.25, 0.3) is 0 Å². The van der Waals surface area contributed by atoms with E-state index in [0.29, 0.717) is 23.3 Å². The number of hydrogen-bond donors (Lipinski definition) is 6. The number of aliphatic hydroxyl groups is 2. The molecule has 180 valence electrons. The molecule has 3 rings (SSSR count). The Morgan fingerprint density at radius 1 is 1.03 bits per heavy atom. The number of imidazole rings is 1. The summed E-state index contributed by atoms with van der Waals surface area (Å²) < 4.78 is 52.2. The molecule has 32 heavy (non-hydrogen) atoms. The minimum absolute atomic E-state index is 0.293. The van der Waals surface area contributed by atoms with Crippen LogP contribution in [0.5, 0.6) is 0 Å². The molecular weight excluding hydrogens is 501 g/mol. The molecule has 17 nitrogen and oxygen atoms in total. The average molecular weight is 520 g/mol. The van der Waals surface area contributed by atoms with Crippen LogP contribution in [0.4, 0.5) is 0 Å². The second-order valence-corrected chi connectivity index (χ2v) is 10.9. The second kappa shape index (κ2) is 9.24. The fourth-order valence-electron chi connectivity index (χ4n) is 2.91. The van der Waals surface area contributed by atoms with Crippen molar-refractivity contribution in [3.05, 3.63) is 18.3 Å². The number of aliphatic hydroxyl groups excluding tert-OH is 2. The van der Waals surface area contributed by atoms with Gasteiger partial charge >= 0.3 is 23.5 Å². The zero-order valence-corrected chi connectivity index (χ0v) is 18.7. The predicted octanol–water partition coefficient (Wildman–Crippen LogP) is -0.649. The molecule has 1 aliphatic heterocycles. The van der Waals surface area contributed by atoms with Crippen molar-refractivity contribution in [2.24, 2.45) is 0 Å². The van der Waals surface area contributed by atoms with Crippen molar-refractivity contribution in [3.63, 3.8) is 0 Å². The highest BCUT2D eigenvalue weighted by molar-refractivity contribution is 7.66. The van der Waals surface area contributed by atoms with Crippen LogP contribution in [0.3, 0.4) is 0 Å². The minimum atomic E-state index is -5.69. The topological polar surface area (TPSA) is 253 Å². The van der Waals surface area contributed by atoms with Crippen LogP contribution >= 0.6 is 23.5 Å². The lowest BCUT2D eigenvalue weighted by Gasteiger charge is -2.19. The molecular formula is C12H19N4O13P3. The standard InChI is InChI=1S/C12H19N4O13P3/c1-2-6-8-11(14-4-13-6)16(5-15-8)12-10(18)9(17)7(27-12)3-26-31(22,23)29-32(24,25)28-30(19,20)21/h4-5,7,9-10,12,17-18H,2-3H2,1H3,(H,22,23)(H,24,25)(H2,19,20,21). The van der Waals surface area contributed by atoms with Crippen molar-refractivity contribution in [2.75, 3.05) is 6.61 Å². The lowest BCUT2D eigenvalue weighted by molar-refractivity contribution is -0.0503. The zero-order valence-electron chi connectivity index (χ0n) is 16.0. The highest BCUT2D eigenvalue weighted by atomic mass is 31.3. The van der Waals surface area contributed by atoms with E-state index in [0.717, 1.165) is 0 Å². The molecule has 20 heteroatoms. The summed E-state index contributed by atoms with van der Waals surface area (Å²) >= 11 is 0. The molecule has 0 radical (unpaired) electrons. The summed E-state index contributed by atoms with van der Waals surface area (Å²) in [4.78, 5) is 48.0. The number of hydrogen-bond acceptors (Lipinski definition) is 12. The summed E-state index contributed by atoms with van der Waals surface area (Å²) in [6.45, 7) is 0.921. The number of phosphoric ester groups is 1. The van der Waals surface area contributed by atoms with Crippen LogP contribution < -0.4 is 0 Å². The third-order valence-corrected chi connectivity index (χ3v) is 8.00. The smallest absolute Gasteiger partial charge is 0.387 e. The molecule has 0 spiro atoms. The summed E-state index contributed by atoms with van der Waals surface area (Å²) in [6, 6.07) is 0. The minimum Gasteiger partial charge on any atom is -0.387 e. The maximum absolute atomic E-state index is 11.8. The van der Waals surface area contributed by atoms with Gasteiger partial charge in [-0.3, -0.25) is 9.09 Å². The van der Waals surface area contributed by atoms with Crippen LogP contribution in [0.15, 0.2) is 12.7 Å². The Kier molecular flexibility index (Phi) is 7.35. The second-order valence-electron chi connectivity index (χ2n) is 6.43. The van der Waals surface area contributed by atoms with Gasteiger partial charge in [0, 0.05) is 0 Å². The first-order valence-corrected chi connectivity index (χ1v) is 13.2. The predicted molar refractivity (Wildman–Crippen MR) is 100 cm³/mol. The van der Waals surface area contributed by atoms with E-state index in [1.54, 1.807) is 0 Å². The fraction of sp³-hybridized carbons (Fsp3) is 0.583. The molecule has 1 fully saturated rings. The summed E-state index contributed by atoms with van der Waals surface area (Å²) in [7, 11) is -16.7. The average Bonchev–Trinajstić information content (AvgIpc) is 3.19. The van der Waals surface area contributed by atoms with Crippen LogP contribution in [0.1, 0.15) is 18.8 Å². The monoisotopic (exact) mass is 520 g/mol. The highest BCUT2D eigenvalue weighted by Crippen LogP contribution is 2.66. The first-order chi connectivity index (χ1) is 14.7. The molecule has 0 saturated carbocycles. The molecule has 2 aromatic rings. The number of fused-ring (bicyclic) bond motifs is 1. The van der Waals surface area contributed by atoms with Gasteiger partial charge in [-0.1, -0.05) is 6.92 Å². The Bertz CT molecular complexity index is 1120. The van der Waals surface area contributed by atoms with Gasteiger partial charge in [0.2, 0.25) is 0 Å². The molecule has 6 unspecified atom stereocenters. The summed E-state index contributed by atoms with van der Waals surface area (Å²) in [5.74, 6) is 0. The van der Waals surface area contributed by atoms with E-state index in [-0.39, 0.29) is 0 Å². The molecule has 6 atom stereocenters. The highest BCUT2D eigenvalue weighted by Gasteiger charge is 2.47. The van der Waals surface area contributed by atoms with E-state index in [1.165, 1.54) is 17.2 Å². The van der Waals surface area contributed by atoms with Gasteiger partial charge in [-0.25, -0.2) is 28.6 Å². The number of phosphoric acid groups is 3. The summed E-state index contributed by atoms with van der Waals surface area (Å²) in [5.41, 5.74) is 1.37. The van der Waals surface area contributed by atoms with Gasteiger partial charge in [-0.05, 0) is 6.42 Å². The van der Waals surface area contributed by atoms with E-state index in [4.69, 9.17) is 19.4 Å². The van der Waals surface area contributed by atoms with Gasteiger partial charge in [0.1, 0.15) is 30.2 Å². The SMILES string of the molecule is CCc1ncnc2c1ncn2C1OC(COP(=O)(O)OP(=O)(O)OP(=O)(O)O)C(O)C1O. The Morgan fingerprint density at radius 3 is 2.34 bits per heavy atom. The molecule has 1 saturated heterocycles. The van der Waals surface area contributed by atoms with E-state index >= 15 is 0 Å². The molecule has 6 N–H and O–H groups in total. The lowest BCUT2D eigenvalue weighted by Crippen LogP contribution is -2.33. The molecule has 3 heterocycles. The van der Waals surface area contributed by atoms with Crippen LogP contribution in [0.25, 0.3) is 11.2 Å². The van der Waals surface area contributed by atoms with Crippen LogP contribution in [-0.2, 0) is 38.0 Å². The molecule has 0 amide bonds. The van der Waals surface area contributed by atoms with Gasteiger partial charge in [-0.15, -0.1) is 0 Å².